The summed E-state index contributed by atoms with van der Waals surface area (Å²) in [5.41, 5.74) is 7.29. The fourth-order valence-corrected chi connectivity index (χ4v) is 5.99. The van der Waals surface area contributed by atoms with E-state index < -0.39 is 0 Å². The van der Waals surface area contributed by atoms with Crippen molar-refractivity contribution in [1.82, 2.24) is 14.5 Å². The minimum Gasteiger partial charge on any atom is -0.342 e. The van der Waals surface area contributed by atoms with Crippen LogP contribution in [0.15, 0.2) is 41.6 Å². The molecule has 2 aliphatic rings. The molecule has 0 saturated heterocycles. The lowest BCUT2D eigenvalue weighted by Gasteiger charge is -2.36. The highest BCUT2D eigenvalue weighted by atomic mass is 32.2. The number of aryl methyl sites for hydroxylation is 1. The van der Waals surface area contributed by atoms with Crippen LogP contribution in [0.2, 0.25) is 0 Å². The highest BCUT2D eigenvalue weighted by molar-refractivity contribution is 8.00. The maximum absolute atomic E-state index is 4.22. The van der Waals surface area contributed by atoms with Crippen molar-refractivity contribution in [3.8, 4) is 0 Å². The third-order valence-corrected chi connectivity index (χ3v) is 7.08. The molecule has 128 valence electrons. The number of aromatic nitrogens is 2. The number of pyridine rings is 1. The first kappa shape index (κ1) is 15.5. The van der Waals surface area contributed by atoms with E-state index in [0.29, 0.717) is 0 Å². The van der Waals surface area contributed by atoms with Gasteiger partial charge in [-0.2, -0.15) is 0 Å². The van der Waals surface area contributed by atoms with Crippen LogP contribution in [0.5, 0.6) is 0 Å². The lowest BCUT2D eigenvalue weighted by atomic mass is 10.0. The average Bonchev–Trinajstić information content (AvgIpc) is 2.89. The Morgan fingerprint density at radius 1 is 1.20 bits per heavy atom. The molecule has 2 aromatic heterocycles. The number of likely N-dealkylation sites (N-methyl/N-ethyl adjacent to an activating group) is 1. The van der Waals surface area contributed by atoms with Crippen molar-refractivity contribution in [2.24, 2.45) is 0 Å². The molecule has 0 spiro atoms. The third-order valence-electron chi connectivity index (χ3n) is 5.73. The number of hydrogen-bond donors (Lipinski definition) is 0. The van der Waals surface area contributed by atoms with E-state index in [9.17, 15) is 0 Å². The molecule has 1 aromatic carbocycles. The van der Waals surface area contributed by atoms with Crippen molar-refractivity contribution in [2.45, 2.75) is 43.0 Å². The molecule has 3 nitrogen and oxygen atoms in total. The van der Waals surface area contributed by atoms with Gasteiger partial charge in [0, 0.05) is 54.4 Å². The van der Waals surface area contributed by atoms with E-state index in [1.165, 1.54) is 26.9 Å². The Morgan fingerprint density at radius 2 is 2.00 bits per heavy atom. The van der Waals surface area contributed by atoms with Crippen molar-refractivity contribution in [1.29, 1.82) is 0 Å². The van der Waals surface area contributed by atoms with Gasteiger partial charge in [-0.3, -0.25) is 4.98 Å². The molecule has 1 atom stereocenters. The number of benzene rings is 1. The van der Waals surface area contributed by atoms with Crippen LogP contribution >= 0.6 is 11.8 Å². The first-order valence-corrected chi connectivity index (χ1v) is 9.79. The largest absolute Gasteiger partial charge is 0.342 e. The summed E-state index contributed by atoms with van der Waals surface area (Å²) in [7, 11) is 2.23. The van der Waals surface area contributed by atoms with Crippen molar-refractivity contribution in [3.63, 3.8) is 0 Å². The summed E-state index contributed by atoms with van der Waals surface area (Å²) in [6, 6.07) is 9.11. The molecule has 5 rings (SSSR count). The Bertz CT molecular complexity index is 976. The molecule has 3 aromatic rings. The minimum absolute atomic E-state index is 0.0484. The summed E-state index contributed by atoms with van der Waals surface area (Å²) < 4.78 is 2.68. The molecule has 4 heteroatoms. The maximum atomic E-state index is 4.22. The maximum Gasteiger partial charge on any atom is 0.0625 e. The molecular weight excluding hydrogens is 326 g/mol. The first-order chi connectivity index (χ1) is 12.0. The quantitative estimate of drug-likeness (QED) is 0.651. The smallest absolute Gasteiger partial charge is 0.0625 e. The van der Waals surface area contributed by atoms with Gasteiger partial charge < -0.3 is 9.47 Å². The van der Waals surface area contributed by atoms with Gasteiger partial charge >= 0.3 is 0 Å². The fraction of sp³-hybridized carbons (Fsp3) is 0.381. The number of fused-ring (bicyclic) bond motifs is 3. The fourth-order valence-electron chi connectivity index (χ4n) is 4.50. The zero-order chi connectivity index (χ0) is 17.2. The molecule has 0 bridgehead atoms. The van der Waals surface area contributed by atoms with E-state index in [1.807, 2.05) is 24.2 Å². The number of rotatable bonds is 1. The van der Waals surface area contributed by atoms with Gasteiger partial charge in [-0.1, -0.05) is 0 Å². The second-order valence-electron chi connectivity index (χ2n) is 7.73. The third kappa shape index (κ3) is 2.27. The van der Waals surface area contributed by atoms with Gasteiger partial charge in [-0.05, 0) is 61.9 Å². The summed E-state index contributed by atoms with van der Waals surface area (Å²) >= 11 is 2.02. The molecule has 4 heterocycles. The summed E-state index contributed by atoms with van der Waals surface area (Å²) in [5, 5.41) is 1.47. The molecule has 0 aliphatic carbocycles. The standard InChI is InChI=1S/C21H23N3S/c1-14-10-16-17-12-23(3)9-6-18(17)24-13-21(2,15-4-7-22-8-5-15)25-19(11-14)20(16)24/h4-5,7-8,10-11H,6,9,12-13H2,1-3H3. The molecule has 0 saturated carbocycles. The SMILES string of the molecule is Cc1cc2c3c(c1)c1c(n3CC(C)(c3ccncc3)S2)CCN(C)C1. The molecule has 0 N–H and O–H groups in total. The highest BCUT2D eigenvalue weighted by Gasteiger charge is 2.37. The zero-order valence-corrected chi connectivity index (χ0v) is 15.9. The van der Waals surface area contributed by atoms with E-state index in [2.05, 4.69) is 59.6 Å². The Balaban J connectivity index is 1.76. The number of nitrogens with zero attached hydrogens (tertiary/aromatic N) is 3. The van der Waals surface area contributed by atoms with Gasteiger partial charge in [0.05, 0.1) is 10.3 Å². The van der Waals surface area contributed by atoms with Crippen LogP contribution in [-0.4, -0.2) is 28.0 Å². The average molecular weight is 350 g/mol. The van der Waals surface area contributed by atoms with Gasteiger partial charge in [0.15, 0.2) is 0 Å². The molecule has 0 radical (unpaired) electrons. The van der Waals surface area contributed by atoms with Gasteiger partial charge in [0.2, 0.25) is 0 Å². The van der Waals surface area contributed by atoms with Crippen LogP contribution < -0.4 is 0 Å². The monoisotopic (exact) mass is 349 g/mol. The van der Waals surface area contributed by atoms with Gasteiger partial charge in [-0.15, -0.1) is 11.8 Å². The predicted molar refractivity (Wildman–Crippen MR) is 104 cm³/mol. The van der Waals surface area contributed by atoms with E-state index >= 15 is 0 Å². The zero-order valence-electron chi connectivity index (χ0n) is 15.0. The van der Waals surface area contributed by atoms with Gasteiger partial charge in [0.1, 0.15) is 0 Å². The van der Waals surface area contributed by atoms with E-state index in [-0.39, 0.29) is 4.75 Å². The molecule has 0 amide bonds. The molecular formula is C21H23N3S. The molecule has 0 fully saturated rings. The summed E-state index contributed by atoms with van der Waals surface area (Å²) in [4.78, 5) is 8.09. The lowest BCUT2D eigenvalue weighted by molar-refractivity contribution is 0.308. The minimum atomic E-state index is 0.0484. The lowest BCUT2D eigenvalue weighted by Crippen LogP contribution is -2.31. The Hall–Kier alpha value is -1.78. The van der Waals surface area contributed by atoms with Crippen LogP contribution in [0.4, 0.5) is 0 Å². The Morgan fingerprint density at radius 3 is 2.80 bits per heavy atom. The summed E-state index contributed by atoms with van der Waals surface area (Å²) in [5.74, 6) is 0. The topological polar surface area (TPSA) is 21.1 Å². The number of thioether (sulfide) groups is 1. The summed E-state index contributed by atoms with van der Waals surface area (Å²) in [6.45, 7) is 7.86. The van der Waals surface area contributed by atoms with Crippen molar-refractivity contribution in [3.05, 3.63) is 59.0 Å². The van der Waals surface area contributed by atoms with E-state index in [4.69, 9.17) is 0 Å². The predicted octanol–water partition coefficient (Wildman–Crippen LogP) is 4.35. The molecule has 1 unspecified atom stereocenters. The van der Waals surface area contributed by atoms with Crippen LogP contribution in [-0.2, 0) is 24.3 Å². The normalized spacial score (nSPS) is 23.0. The second kappa shape index (κ2) is 5.36. The van der Waals surface area contributed by atoms with E-state index in [1.54, 1.807) is 11.3 Å². The second-order valence-corrected chi connectivity index (χ2v) is 9.27. The Labute approximate surface area is 153 Å². The number of hydrogen-bond acceptors (Lipinski definition) is 3. The summed E-state index contributed by atoms with van der Waals surface area (Å²) in [6.07, 6.45) is 4.99. The van der Waals surface area contributed by atoms with Crippen LogP contribution in [0, 0.1) is 6.92 Å². The van der Waals surface area contributed by atoms with Gasteiger partial charge in [0.25, 0.3) is 0 Å². The van der Waals surface area contributed by atoms with Crippen LogP contribution in [0.25, 0.3) is 10.9 Å². The van der Waals surface area contributed by atoms with E-state index in [0.717, 1.165) is 26.1 Å². The Kier molecular flexibility index (Phi) is 3.32. The van der Waals surface area contributed by atoms with Crippen molar-refractivity contribution >= 4 is 22.7 Å². The van der Waals surface area contributed by atoms with Crippen LogP contribution in [0.1, 0.15) is 29.3 Å². The molecule has 2 aliphatic heterocycles. The van der Waals surface area contributed by atoms with Crippen LogP contribution in [0.3, 0.4) is 0 Å². The first-order valence-electron chi connectivity index (χ1n) is 8.98. The highest BCUT2D eigenvalue weighted by Crippen LogP contribution is 2.51. The molecule has 25 heavy (non-hydrogen) atoms. The van der Waals surface area contributed by atoms with Crippen molar-refractivity contribution in [2.75, 3.05) is 13.6 Å². The van der Waals surface area contributed by atoms with Crippen molar-refractivity contribution < 1.29 is 0 Å². The van der Waals surface area contributed by atoms with Gasteiger partial charge in [-0.25, -0.2) is 0 Å².